The van der Waals surface area contributed by atoms with Crippen molar-refractivity contribution in [3.8, 4) is 0 Å². The highest BCUT2D eigenvalue weighted by Crippen LogP contribution is 2.28. The maximum absolute atomic E-state index is 11.2. The van der Waals surface area contributed by atoms with Crippen molar-refractivity contribution < 1.29 is 14.7 Å². The van der Waals surface area contributed by atoms with E-state index in [0.717, 1.165) is 25.7 Å². The van der Waals surface area contributed by atoms with E-state index in [1.807, 2.05) is 0 Å². The van der Waals surface area contributed by atoms with Crippen LogP contribution in [0.1, 0.15) is 39.0 Å². The van der Waals surface area contributed by atoms with Crippen molar-refractivity contribution in [3.63, 3.8) is 0 Å². The van der Waals surface area contributed by atoms with Crippen LogP contribution < -0.4 is 0 Å². The predicted octanol–water partition coefficient (Wildman–Crippen LogP) is 1.50. The topological polar surface area (TPSA) is 57.6 Å². The van der Waals surface area contributed by atoms with Crippen molar-refractivity contribution in [1.82, 2.24) is 4.90 Å². The molecule has 1 amide bonds. The normalized spacial score (nSPS) is 19.6. The lowest BCUT2D eigenvalue weighted by Gasteiger charge is -2.33. The second-order valence-electron chi connectivity index (χ2n) is 4.31. The molecule has 1 N–H and O–H groups in total. The summed E-state index contributed by atoms with van der Waals surface area (Å²) in [5, 5.41) is 9.15. The number of hydrogen-bond donors (Lipinski definition) is 1. The Hall–Kier alpha value is -1.06. The molecular formula is C11H19NO3. The van der Waals surface area contributed by atoms with Crippen LogP contribution in [-0.2, 0) is 9.59 Å². The first-order valence-electron chi connectivity index (χ1n) is 5.50. The van der Waals surface area contributed by atoms with Crippen LogP contribution in [0.15, 0.2) is 0 Å². The Balaban J connectivity index is 2.71. The Labute approximate surface area is 90.3 Å². The summed E-state index contributed by atoms with van der Waals surface area (Å²) >= 11 is 0. The fourth-order valence-corrected chi connectivity index (χ4v) is 2.33. The largest absolute Gasteiger partial charge is 0.480 e. The van der Waals surface area contributed by atoms with E-state index in [1.54, 1.807) is 7.05 Å². The SMILES string of the molecule is CC(=O)N(C)C(C(=O)O)C1CCCCC1. The first-order chi connectivity index (χ1) is 7.04. The van der Waals surface area contributed by atoms with Gasteiger partial charge in [0.1, 0.15) is 6.04 Å². The van der Waals surface area contributed by atoms with E-state index < -0.39 is 12.0 Å². The van der Waals surface area contributed by atoms with Crippen LogP contribution in [0.25, 0.3) is 0 Å². The van der Waals surface area contributed by atoms with E-state index in [-0.39, 0.29) is 11.8 Å². The van der Waals surface area contributed by atoms with Crippen LogP contribution in [0.3, 0.4) is 0 Å². The highest BCUT2D eigenvalue weighted by Gasteiger charge is 2.33. The monoisotopic (exact) mass is 213 g/mol. The molecule has 1 saturated carbocycles. The summed E-state index contributed by atoms with van der Waals surface area (Å²) in [6.45, 7) is 1.42. The van der Waals surface area contributed by atoms with Crippen molar-refractivity contribution in [2.45, 2.75) is 45.1 Å². The summed E-state index contributed by atoms with van der Waals surface area (Å²) < 4.78 is 0. The van der Waals surface area contributed by atoms with Gasteiger partial charge in [0, 0.05) is 14.0 Å². The predicted molar refractivity (Wildman–Crippen MR) is 56.4 cm³/mol. The lowest BCUT2D eigenvalue weighted by atomic mass is 9.83. The molecule has 0 radical (unpaired) electrons. The van der Waals surface area contributed by atoms with Gasteiger partial charge in [-0.1, -0.05) is 19.3 Å². The summed E-state index contributed by atoms with van der Waals surface area (Å²) in [6.07, 6.45) is 5.20. The Morgan fingerprint density at radius 2 is 1.80 bits per heavy atom. The van der Waals surface area contributed by atoms with Crippen LogP contribution >= 0.6 is 0 Å². The van der Waals surface area contributed by atoms with Crippen molar-refractivity contribution in [1.29, 1.82) is 0 Å². The van der Waals surface area contributed by atoms with Gasteiger partial charge in [0.25, 0.3) is 0 Å². The van der Waals surface area contributed by atoms with Gasteiger partial charge in [-0.2, -0.15) is 0 Å². The zero-order valence-corrected chi connectivity index (χ0v) is 9.40. The van der Waals surface area contributed by atoms with Crippen LogP contribution in [0, 0.1) is 5.92 Å². The van der Waals surface area contributed by atoms with Crippen LogP contribution in [0.4, 0.5) is 0 Å². The molecule has 1 aliphatic rings. The number of aliphatic carboxylic acids is 1. The van der Waals surface area contributed by atoms with Gasteiger partial charge in [-0.15, -0.1) is 0 Å². The number of carbonyl (C=O) groups is 2. The van der Waals surface area contributed by atoms with Gasteiger partial charge < -0.3 is 10.0 Å². The maximum Gasteiger partial charge on any atom is 0.326 e. The minimum atomic E-state index is -0.875. The zero-order valence-electron chi connectivity index (χ0n) is 9.40. The number of hydrogen-bond acceptors (Lipinski definition) is 2. The molecule has 4 heteroatoms. The summed E-state index contributed by atoms with van der Waals surface area (Å²) in [6, 6.07) is -0.636. The number of carboxylic acids is 1. The summed E-state index contributed by atoms with van der Waals surface area (Å²) in [7, 11) is 1.58. The number of carboxylic acid groups (broad SMARTS) is 1. The molecule has 1 rings (SSSR count). The van der Waals surface area contributed by atoms with Crippen LogP contribution in [0.5, 0.6) is 0 Å². The number of nitrogens with zero attached hydrogens (tertiary/aromatic N) is 1. The molecule has 1 aliphatic carbocycles. The van der Waals surface area contributed by atoms with Crippen LogP contribution in [-0.4, -0.2) is 35.0 Å². The van der Waals surface area contributed by atoms with E-state index in [0.29, 0.717) is 0 Å². The Bertz CT molecular complexity index is 246. The molecule has 0 aromatic carbocycles. The zero-order chi connectivity index (χ0) is 11.4. The maximum atomic E-state index is 11.2. The molecule has 0 aromatic heterocycles. The molecule has 0 aromatic rings. The van der Waals surface area contributed by atoms with E-state index in [2.05, 4.69) is 0 Å². The lowest BCUT2D eigenvalue weighted by Crippen LogP contribution is -2.46. The number of rotatable bonds is 3. The second-order valence-corrected chi connectivity index (χ2v) is 4.31. The van der Waals surface area contributed by atoms with Gasteiger partial charge in [-0.25, -0.2) is 4.79 Å². The van der Waals surface area contributed by atoms with E-state index in [1.165, 1.54) is 18.2 Å². The summed E-state index contributed by atoms with van der Waals surface area (Å²) in [4.78, 5) is 23.7. The standard InChI is InChI=1S/C11H19NO3/c1-8(13)12(2)10(11(14)15)9-6-4-3-5-7-9/h9-10H,3-7H2,1-2H3,(H,14,15). The Kier molecular flexibility index (Phi) is 4.12. The first-order valence-corrected chi connectivity index (χ1v) is 5.50. The quantitative estimate of drug-likeness (QED) is 0.772. The minimum absolute atomic E-state index is 0.130. The fraction of sp³-hybridized carbons (Fsp3) is 0.818. The fourth-order valence-electron chi connectivity index (χ4n) is 2.33. The van der Waals surface area contributed by atoms with Gasteiger partial charge in [0.15, 0.2) is 0 Å². The van der Waals surface area contributed by atoms with Gasteiger partial charge >= 0.3 is 5.97 Å². The Morgan fingerprint density at radius 3 is 2.20 bits per heavy atom. The third-order valence-corrected chi connectivity index (χ3v) is 3.26. The van der Waals surface area contributed by atoms with E-state index >= 15 is 0 Å². The molecule has 1 atom stereocenters. The molecule has 0 saturated heterocycles. The number of carbonyl (C=O) groups excluding carboxylic acids is 1. The molecule has 4 nitrogen and oxygen atoms in total. The molecule has 1 unspecified atom stereocenters. The van der Waals surface area contributed by atoms with Crippen molar-refractivity contribution in [2.75, 3.05) is 7.05 Å². The average Bonchev–Trinajstić information content (AvgIpc) is 2.18. The highest BCUT2D eigenvalue weighted by molar-refractivity contribution is 5.82. The molecule has 0 aliphatic heterocycles. The molecule has 0 heterocycles. The number of likely N-dealkylation sites (N-methyl/N-ethyl adjacent to an activating group) is 1. The first kappa shape index (κ1) is 12.0. The molecule has 1 fully saturated rings. The van der Waals surface area contributed by atoms with E-state index in [4.69, 9.17) is 5.11 Å². The molecule has 0 spiro atoms. The van der Waals surface area contributed by atoms with Crippen molar-refractivity contribution in [3.05, 3.63) is 0 Å². The molecule has 15 heavy (non-hydrogen) atoms. The molecule has 0 bridgehead atoms. The van der Waals surface area contributed by atoms with Crippen LogP contribution in [0.2, 0.25) is 0 Å². The smallest absolute Gasteiger partial charge is 0.326 e. The molecule has 86 valence electrons. The van der Waals surface area contributed by atoms with Crippen molar-refractivity contribution >= 4 is 11.9 Å². The Morgan fingerprint density at radius 1 is 1.27 bits per heavy atom. The molecular weight excluding hydrogens is 194 g/mol. The van der Waals surface area contributed by atoms with Gasteiger partial charge in [-0.05, 0) is 18.8 Å². The van der Waals surface area contributed by atoms with E-state index in [9.17, 15) is 9.59 Å². The average molecular weight is 213 g/mol. The lowest BCUT2D eigenvalue weighted by molar-refractivity contribution is -0.151. The summed E-state index contributed by atoms with van der Waals surface area (Å²) in [5.41, 5.74) is 0. The van der Waals surface area contributed by atoms with Gasteiger partial charge in [-0.3, -0.25) is 4.79 Å². The third-order valence-electron chi connectivity index (χ3n) is 3.26. The second kappa shape index (κ2) is 5.14. The van der Waals surface area contributed by atoms with Crippen molar-refractivity contribution in [2.24, 2.45) is 5.92 Å². The van der Waals surface area contributed by atoms with Gasteiger partial charge in [0.05, 0.1) is 0 Å². The highest BCUT2D eigenvalue weighted by atomic mass is 16.4. The van der Waals surface area contributed by atoms with Gasteiger partial charge in [0.2, 0.25) is 5.91 Å². The third kappa shape index (κ3) is 2.94. The minimum Gasteiger partial charge on any atom is -0.480 e. The number of amides is 1. The summed E-state index contributed by atoms with van der Waals surface area (Å²) in [5.74, 6) is -0.919.